The van der Waals surface area contributed by atoms with Crippen molar-refractivity contribution >= 4 is 11.6 Å². The van der Waals surface area contributed by atoms with Crippen LogP contribution in [0.2, 0.25) is 5.02 Å². The van der Waals surface area contributed by atoms with E-state index >= 15 is 0 Å². The van der Waals surface area contributed by atoms with Gasteiger partial charge in [-0.3, -0.25) is 0 Å². The second-order valence-corrected chi connectivity index (χ2v) is 5.37. The number of fused-ring (bicyclic) bond motifs is 1. The molecule has 2 N–H and O–H groups in total. The lowest BCUT2D eigenvalue weighted by Gasteiger charge is -2.43. The van der Waals surface area contributed by atoms with Crippen molar-refractivity contribution in [1.82, 2.24) is 5.32 Å². The number of ether oxygens (including phenoxy) is 1. The van der Waals surface area contributed by atoms with Crippen molar-refractivity contribution < 1.29 is 9.84 Å². The van der Waals surface area contributed by atoms with Gasteiger partial charge in [0.15, 0.2) is 0 Å². The van der Waals surface area contributed by atoms with Gasteiger partial charge in [0.25, 0.3) is 0 Å². The molecule has 1 aromatic carbocycles. The number of aliphatic hydroxyl groups is 1. The number of nitrogens with one attached hydrogen (secondary N) is 1. The van der Waals surface area contributed by atoms with E-state index in [4.69, 9.17) is 16.3 Å². The summed E-state index contributed by atoms with van der Waals surface area (Å²) in [5.74, 6) is 0.787. The molecule has 92 valence electrons. The third-order valence-corrected chi connectivity index (χ3v) is 3.97. The summed E-state index contributed by atoms with van der Waals surface area (Å²) < 4.78 is 6.13. The van der Waals surface area contributed by atoms with E-state index in [0.29, 0.717) is 11.4 Å². The fourth-order valence-corrected chi connectivity index (χ4v) is 2.98. The molecule has 0 bridgehead atoms. The van der Waals surface area contributed by atoms with Gasteiger partial charge in [-0.05, 0) is 44.1 Å². The minimum Gasteiger partial charge on any atom is -0.487 e. The van der Waals surface area contributed by atoms with Crippen LogP contribution in [0.5, 0.6) is 5.75 Å². The molecule has 1 aromatic rings. The number of hydrogen-bond acceptors (Lipinski definition) is 3. The fraction of sp³-hybridized carbons (Fsp3) is 0.538. The standard InChI is InChI=1S/C13H16ClNO2/c14-9-1-2-12-10(7-9)11(16)8-13(17-12)3-5-15-6-4-13/h1-2,7,11,15-16H,3-6,8H2/t11-/m1/s1. The number of halogens is 1. The third-order valence-electron chi connectivity index (χ3n) is 3.74. The van der Waals surface area contributed by atoms with E-state index in [0.717, 1.165) is 37.2 Å². The Morgan fingerprint density at radius 1 is 1.35 bits per heavy atom. The van der Waals surface area contributed by atoms with Crippen LogP contribution in [0.4, 0.5) is 0 Å². The molecule has 1 spiro atoms. The zero-order valence-corrected chi connectivity index (χ0v) is 10.3. The number of piperidine rings is 1. The van der Waals surface area contributed by atoms with Gasteiger partial charge < -0.3 is 15.2 Å². The van der Waals surface area contributed by atoms with Crippen LogP contribution >= 0.6 is 11.6 Å². The van der Waals surface area contributed by atoms with Crippen molar-refractivity contribution in [2.75, 3.05) is 13.1 Å². The SMILES string of the molecule is O[C@@H]1CC2(CCNCC2)Oc2ccc(Cl)cc21. The lowest BCUT2D eigenvalue weighted by molar-refractivity contribution is -0.0336. The summed E-state index contributed by atoms with van der Waals surface area (Å²) in [5, 5.41) is 14.2. The first-order valence-electron chi connectivity index (χ1n) is 6.06. The smallest absolute Gasteiger partial charge is 0.126 e. The maximum absolute atomic E-state index is 10.2. The van der Waals surface area contributed by atoms with Crippen molar-refractivity contribution in [2.45, 2.75) is 31.0 Å². The van der Waals surface area contributed by atoms with Crippen LogP contribution in [-0.4, -0.2) is 23.8 Å². The normalized spacial score (nSPS) is 26.4. The summed E-state index contributed by atoms with van der Waals surface area (Å²) in [6.45, 7) is 1.91. The molecule has 0 aliphatic carbocycles. The van der Waals surface area contributed by atoms with Crippen molar-refractivity contribution in [3.05, 3.63) is 28.8 Å². The molecule has 17 heavy (non-hydrogen) atoms. The Balaban J connectivity index is 1.94. The van der Waals surface area contributed by atoms with Crippen molar-refractivity contribution in [2.24, 2.45) is 0 Å². The first-order valence-corrected chi connectivity index (χ1v) is 6.44. The molecule has 0 unspecified atom stereocenters. The number of hydrogen-bond donors (Lipinski definition) is 2. The Bertz CT molecular complexity index is 429. The molecule has 2 aliphatic heterocycles. The van der Waals surface area contributed by atoms with E-state index in [1.807, 2.05) is 12.1 Å². The highest BCUT2D eigenvalue weighted by molar-refractivity contribution is 6.30. The van der Waals surface area contributed by atoms with Crippen LogP contribution < -0.4 is 10.1 Å². The second kappa shape index (κ2) is 4.16. The highest BCUT2D eigenvalue weighted by atomic mass is 35.5. The van der Waals surface area contributed by atoms with E-state index in [1.165, 1.54) is 0 Å². The monoisotopic (exact) mass is 253 g/mol. The van der Waals surface area contributed by atoms with Crippen LogP contribution in [0.3, 0.4) is 0 Å². The summed E-state index contributed by atoms with van der Waals surface area (Å²) in [7, 11) is 0. The highest BCUT2D eigenvalue weighted by Crippen LogP contribution is 2.44. The number of benzene rings is 1. The van der Waals surface area contributed by atoms with E-state index in [9.17, 15) is 5.11 Å². The van der Waals surface area contributed by atoms with Crippen LogP contribution in [0.15, 0.2) is 18.2 Å². The quantitative estimate of drug-likeness (QED) is 0.745. The molecule has 0 amide bonds. The molecule has 0 aromatic heterocycles. The molecule has 1 fully saturated rings. The highest BCUT2D eigenvalue weighted by Gasteiger charge is 2.41. The lowest BCUT2D eigenvalue weighted by atomic mass is 9.82. The number of aliphatic hydroxyl groups excluding tert-OH is 1. The summed E-state index contributed by atoms with van der Waals surface area (Å²) in [6, 6.07) is 5.48. The summed E-state index contributed by atoms with van der Waals surface area (Å²) >= 11 is 5.94. The zero-order chi connectivity index (χ0) is 11.9. The molecule has 1 atom stereocenters. The van der Waals surface area contributed by atoms with Gasteiger partial charge in [0.05, 0.1) is 6.10 Å². The number of rotatable bonds is 0. The van der Waals surface area contributed by atoms with Gasteiger partial charge in [0.1, 0.15) is 11.4 Å². The molecule has 0 radical (unpaired) electrons. The first-order chi connectivity index (χ1) is 8.19. The summed E-state index contributed by atoms with van der Waals surface area (Å²) in [4.78, 5) is 0. The third kappa shape index (κ3) is 2.03. The van der Waals surface area contributed by atoms with Gasteiger partial charge in [0.2, 0.25) is 0 Å². The molecule has 4 heteroatoms. The van der Waals surface area contributed by atoms with Crippen LogP contribution in [0.25, 0.3) is 0 Å². The molecule has 2 aliphatic rings. The summed E-state index contributed by atoms with van der Waals surface area (Å²) in [5.41, 5.74) is 0.632. The summed E-state index contributed by atoms with van der Waals surface area (Å²) in [6.07, 6.45) is 2.11. The minimum atomic E-state index is -0.462. The van der Waals surface area contributed by atoms with E-state index in [2.05, 4.69) is 5.32 Å². The van der Waals surface area contributed by atoms with Crippen molar-refractivity contribution in [3.8, 4) is 5.75 Å². The van der Waals surface area contributed by atoms with Gasteiger partial charge in [-0.25, -0.2) is 0 Å². The second-order valence-electron chi connectivity index (χ2n) is 4.94. The van der Waals surface area contributed by atoms with Gasteiger partial charge in [-0.2, -0.15) is 0 Å². The van der Waals surface area contributed by atoms with Gasteiger partial charge in [0, 0.05) is 17.0 Å². The van der Waals surface area contributed by atoms with E-state index < -0.39 is 6.10 Å². The Morgan fingerprint density at radius 2 is 2.12 bits per heavy atom. The maximum Gasteiger partial charge on any atom is 0.126 e. The molecular formula is C13H16ClNO2. The Labute approximate surface area is 106 Å². The average Bonchev–Trinajstić information content (AvgIpc) is 2.31. The van der Waals surface area contributed by atoms with Gasteiger partial charge >= 0.3 is 0 Å². The molecule has 0 saturated carbocycles. The molecular weight excluding hydrogens is 238 g/mol. The molecule has 3 nitrogen and oxygen atoms in total. The first kappa shape index (κ1) is 11.3. The topological polar surface area (TPSA) is 41.5 Å². The van der Waals surface area contributed by atoms with Crippen LogP contribution in [-0.2, 0) is 0 Å². The average molecular weight is 254 g/mol. The Hall–Kier alpha value is -0.770. The molecule has 2 heterocycles. The fourth-order valence-electron chi connectivity index (χ4n) is 2.80. The van der Waals surface area contributed by atoms with E-state index in [1.54, 1.807) is 6.07 Å². The van der Waals surface area contributed by atoms with Gasteiger partial charge in [-0.1, -0.05) is 11.6 Å². The molecule has 3 rings (SSSR count). The molecule has 1 saturated heterocycles. The van der Waals surface area contributed by atoms with Crippen LogP contribution in [0.1, 0.15) is 30.9 Å². The van der Waals surface area contributed by atoms with E-state index in [-0.39, 0.29) is 5.60 Å². The largest absolute Gasteiger partial charge is 0.487 e. The van der Waals surface area contributed by atoms with Crippen LogP contribution in [0, 0.1) is 0 Å². The van der Waals surface area contributed by atoms with Crippen molar-refractivity contribution in [3.63, 3.8) is 0 Å². The van der Waals surface area contributed by atoms with Crippen molar-refractivity contribution in [1.29, 1.82) is 0 Å². The predicted octanol–water partition coefficient (Wildman–Crippen LogP) is 2.28. The maximum atomic E-state index is 10.2. The lowest BCUT2D eigenvalue weighted by Crippen LogP contribution is -2.49. The zero-order valence-electron chi connectivity index (χ0n) is 9.58. The van der Waals surface area contributed by atoms with Gasteiger partial charge in [-0.15, -0.1) is 0 Å². The Kier molecular flexibility index (Phi) is 2.77. The predicted molar refractivity (Wildman–Crippen MR) is 66.5 cm³/mol. The minimum absolute atomic E-state index is 0.189. The Morgan fingerprint density at radius 3 is 2.88 bits per heavy atom.